The van der Waals surface area contributed by atoms with Crippen molar-refractivity contribution in [2.24, 2.45) is 5.73 Å². The van der Waals surface area contributed by atoms with E-state index in [2.05, 4.69) is 0 Å². The molecule has 0 amide bonds. The standard InChI is InChI=1S/C5H10NO.W/c1-5(2,6)3-4-7;/h3,6H2,1-2H3;/q-1;. The van der Waals surface area contributed by atoms with Crippen molar-refractivity contribution in [3.63, 3.8) is 0 Å². The van der Waals surface area contributed by atoms with Gasteiger partial charge in [0.1, 0.15) is 0 Å². The molecule has 0 saturated heterocycles. The van der Waals surface area contributed by atoms with Crippen molar-refractivity contribution < 1.29 is 25.9 Å². The maximum Gasteiger partial charge on any atom is 0 e. The number of nitrogens with two attached hydrogens (primary N) is 1. The molecule has 0 rings (SSSR count). The molecule has 2 N–H and O–H groups in total. The van der Waals surface area contributed by atoms with Crippen LogP contribution in [0.15, 0.2) is 0 Å². The van der Waals surface area contributed by atoms with Gasteiger partial charge in [-0.05, 0) is 19.4 Å². The van der Waals surface area contributed by atoms with E-state index in [1.807, 2.05) is 0 Å². The zero-order chi connectivity index (χ0) is 5.91. The monoisotopic (exact) mass is 284 g/mol. The average molecular weight is 284 g/mol. The molecule has 0 aromatic heterocycles. The predicted octanol–water partition coefficient (Wildman–Crippen LogP) is 0.221. The zero-order valence-corrected chi connectivity index (χ0v) is 8.03. The van der Waals surface area contributed by atoms with Gasteiger partial charge in [0.05, 0.1) is 0 Å². The molecule has 0 unspecified atom stereocenters. The van der Waals surface area contributed by atoms with Crippen LogP contribution in [-0.2, 0) is 25.9 Å². The summed E-state index contributed by atoms with van der Waals surface area (Å²) >= 11 is 0. The largest absolute Gasteiger partial charge is 0.542 e. The summed E-state index contributed by atoms with van der Waals surface area (Å²) in [5.41, 5.74) is 5.01. The van der Waals surface area contributed by atoms with Crippen LogP contribution in [-0.4, -0.2) is 11.8 Å². The SMILES string of the molecule is CC(C)(N)C[C-]=O.[W]. The molecule has 0 heterocycles. The Hall–Kier alpha value is 0.318. The van der Waals surface area contributed by atoms with E-state index >= 15 is 0 Å². The van der Waals surface area contributed by atoms with E-state index in [0.717, 1.165) is 0 Å². The maximum absolute atomic E-state index is 9.62. The number of hydrogen-bond acceptors (Lipinski definition) is 2. The summed E-state index contributed by atoms with van der Waals surface area (Å²) in [4.78, 5) is 9.62. The van der Waals surface area contributed by atoms with E-state index in [9.17, 15) is 4.79 Å². The van der Waals surface area contributed by atoms with Crippen LogP contribution < -0.4 is 5.73 Å². The third-order valence-electron chi connectivity index (χ3n) is 0.528. The van der Waals surface area contributed by atoms with Crippen molar-refractivity contribution in [1.82, 2.24) is 0 Å². The Balaban J connectivity index is 0. The Bertz CT molecular complexity index is 67.3. The number of hydrogen-bond donors (Lipinski definition) is 1. The van der Waals surface area contributed by atoms with Crippen molar-refractivity contribution >= 4 is 6.29 Å². The van der Waals surface area contributed by atoms with E-state index in [0.29, 0.717) is 6.42 Å². The molecule has 48 valence electrons. The molecule has 0 atom stereocenters. The second-order valence-electron chi connectivity index (χ2n) is 2.31. The Kier molecular flexibility index (Phi) is 5.89. The van der Waals surface area contributed by atoms with Crippen LogP contribution in [0.25, 0.3) is 0 Å². The van der Waals surface area contributed by atoms with Crippen molar-refractivity contribution in [2.75, 3.05) is 0 Å². The summed E-state index contributed by atoms with van der Waals surface area (Å²) in [5.74, 6) is 0. The van der Waals surface area contributed by atoms with E-state index in [4.69, 9.17) is 5.73 Å². The Morgan fingerprint density at radius 3 is 2.00 bits per heavy atom. The fourth-order valence-corrected chi connectivity index (χ4v) is 0.186. The molecule has 0 aliphatic heterocycles. The molecule has 0 aromatic carbocycles. The van der Waals surface area contributed by atoms with E-state index in [-0.39, 0.29) is 26.6 Å². The fraction of sp³-hybridized carbons (Fsp3) is 0.800. The molecule has 0 saturated carbocycles. The van der Waals surface area contributed by atoms with Crippen LogP contribution in [0.5, 0.6) is 0 Å². The third kappa shape index (κ3) is 9.58. The topological polar surface area (TPSA) is 43.1 Å². The minimum Gasteiger partial charge on any atom is -0.542 e. The van der Waals surface area contributed by atoms with Crippen LogP contribution in [0.1, 0.15) is 20.3 Å². The van der Waals surface area contributed by atoms with Gasteiger partial charge >= 0.3 is 0 Å². The molecule has 0 radical (unpaired) electrons. The maximum atomic E-state index is 9.62. The summed E-state index contributed by atoms with van der Waals surface area (Å²) in [6, 6.07) is 0. The van der Waals surface area contributed by atoms with E-state index in [1.165, 1.54) is 0 Å². The van der Waals surface area contributed by atoms with Crippen molar-refractivity contribution in [2.45, 2.75) is 25.8 Å². The van der Waals surface area contributed by atoms with Gasteiger partial charge in [0.2, 0.25) is 0 Å². The second-order valence-corrected chi connectivity index (χ2v) is 2.31. The van der Waals surface area contributed by atoms with Gasteiger partial charge in [-0.25, -0.2) is 0 Å². The summed E-state index contributed by atoms with van der Waals surface area (Å²) < 4.78 is 0. The Labute approximate surface area is 64.1 Å². The van der Waals surface area contributed by atoms with Crippen LogP contribution in [0.2, 0.25) is 0 Å². The van der Waals surface area contributed by atoms with Gasteiger partial charge in [0, 0.05) is 21.1 Å². The Morgan fingerprint density at radius 1 is 1.62 bits per heavy atom. The first-order valence-corrected chi connectivity index (χ1v) is 2.20. The van der Waals surface area contributed by atoms with Crippen LogP contribution in [0.3, 0.4) is 0 Å². The average Bonchev–Trinajstić information content (AvgIpc) is 1.30. The molecule has 0 aromatic rings. The van der Waals surface area contributed by atoms with Crippen molar-refractivity contribution in [1.29, 1.82) is 0 Å². The van der Waals surface area contributed by atoms with E-state index in [1.54, 1.807) is 20.1 Å². The third-order valence-corrected chi connectivity index (χ3v) is 0.528. The van der Waals surface area contributed by atoms with Gasteiger partial charge in [0.15, 0.2) is 0 Å². The van der Waals surface area contributed by atoms with Crippen LogP contribution >= 0.6 is 0 Å². The van der Waals surface area contributed by atoms with Gasteiger partial charge in [-0.15, -0.1) is 6.42 Å². The van der Waals surface area contributed by atoms with Gasteiger partial charge in [-0.2, -0.15) is 0 Å². The normalized spacial score (nSPS) is 9.88. The quantitative estimate of drug-likeness (QED) is 0.737. The zero-order valence-electron chi connectivity index (χ0n) is 5.10. The second kappa shape index (κ2) is 4.22. The first-order valence-electron chi connectivity index (χ1n) is 2.20. The predicted molar refractivity (Wildman–Crippen MR) is 28.6 cm³/mol. The molecule has 0 fully saturated rings. The number of carbonyl (C=O) groups excluding carboxylic acids is 1. The molecular formula is C5H10NOW-. The number of rotatable bonds is 2. The molecular weight excluding hydrogens is 274 g/mol. The first-order chi connectivity index (χ1) is 3.06. The molecule has 0 aliphatic rings. The minimum atomic E-state index is -0.373. The first kappa shape index (κ1) is 11.2. The summed E-state index contributed by atoms with van der Waals surface area (Å²) in [6.45, 7) is 3.58. The van der Waals surface area contributed by atoms with E-state index < -0.39 is 0 Å². The van der Waals surface area contributed by atoms with Crippen molar-refractivity contribution in [3.05, 3.63) is 0 Å². The molecule has 3 heteroatoms. The molecule has 8 heavy (non-hydrogen) atoms. The molecule has 2 nitrogen and oxygen atoms in total. The summed E-state index contributed by atoms with van der Waals surface area (Å²) in [6.07, 6.45) is 2.05. The summed E-state index contributed by atoms with van der Waals surface area (Å²) in [7, 11) is 0. The van der Waals surface area contributed by atoms with Gasteiger partial charge < -0.3 is 10.5 Å². The summed E-state index contributed by atoms with van der Waals surface area (Å²) in [5, 5.41) is 0. The molecule has 0 aliphatic carbocycles. The van der Waals surface area contributed by atoms with Crippen LogP contribution in [0, 0.1) is 0 Å². The van der Waals surface area contributed by atoms with Gasteiger partial charge in [-0.3, -0.25) is 6.29 Å². The smallest absolute Gasteiger partial charge is 0 e. The Morgan fingerprint density at radius 2 is 2.00 bits per heavy atom. The fourth-order valence-electron chi connectivity index (χ4n) is 0.186. The van der Waals surface area contributed by atoms with Crippen molar-refractivity contribution in [3.8, 4) is 0 Å². The molecule has 0 bridgehead atoms. The van der Waals surface area contributed by atoms with Crippen LogP contribution in [0.4, 0.5) is 0 Å². The molecule has 0 spiro atoms. The minimum absolute atomic E-state index is 0. The van der Waals surface area contributed by atoms with Gasteiger partial charge in [0.25, 0.3) is 0 Å². The van der Waals surface area contributed by atoms with Gasteiger partial charge in [-0.1, -0.05) is 0 Å².